The second-order valence-corrected chi connectivity index (χ2v) is 19.5. The highest BCUT2D eigenvalue weighted by Gasteiger charge is 2.57. The van der Waals surface area contributed by atoms with Crippen molar-refractivity contribution < 1.29 is 32.8 Å². The number of methoxy groups -OCH3 is 2. The topological polar surface area (TPSA) is 64.6 Å². The summed E-state index contributed by atoms with van der Waals surface area (Å²) in [6.45, 7) is 11.5. The minimum absolute atomic E-state index is 0.183. The lowest BCUT2D eigenvalue weighted by molar-refractivity contribution is -0.185. The highest BCUT2D eigenvalue weighted by molar-refractivity contribution is 7.99. The van der Waals surface area contributed by atoms with Crippen LogP contribution in [0.1, 0.15) is 40.2 Å². The molecule has 0 bridgehead atoms. The monoisotopic (exact) mass is 700 g/mol. The van der Waals surface area contributed by atoms with Gasteiger partial charge in [0.05, 0.1) is 27.4 Å². The zero-order valence-corrected chi connectivity index (χ0v) is 31.3. The Morgan fingerprint density at radius 2 is 1.24 bits per heavy atom. The summed E-state index contributed by atoms with van der Waals surface area (Å²) in [5.74, 6) is 0.776. The third kappa shape index (κ3) is 7.78. The summed E-state index contributed by atoms with van der Waals surface area (Å²) in [7, 11) is 0.495. The molecule has 2 aliphatic heterocycles. The van der Waals surface area contributed by atoms with Crippen LogP contribution in [0.5, 0.6) is 11.5 Å². The molecular formula is C40H48O7SSi. The number of hydrogen-bond acceptors (Lipinski definition) is 8. The fourth-order valence-electron chi connectivity index (χ4n) is 6.91. The van der Waals surface area contributed by atoms with Crippen LogP contribution < -0.4 is 19.8 Å². The van der Waals surface area contributed by atoms with Crippen molar-refractivity contribution in [3.8, 4) is 11.5 Å². The summed E-state index contributed by atoms with van der Waals surface area (Å²) in [4.78, 5) is 1.03. The summed E-state index contributed by atoms with van der Waals surface area (Å²) < 4.78 is 45.3. The number of rotatable bonds is 12. The van der Waals surface area contributed by atoms with Crippen molar-refractivity contribution in [2.75, 3.05) is 20.8 Å². The maximum Gasteiger partial charge on any atom is 0.261 e. The van der Waals surface area contributed by atoms with Gasteiger partial charge in [-0.3, -0.25) is 0 Å². The van der Waals surface area contributed by atoms with E-state index in [2.05, 4.69) is 81.4 Å². The zero-order valence-electron chi connectivity index (χ0n) is 29.5. The lowest BCUT2D eigenvalue weighted by Gasteiger charge is -2.46. The summed E-state index contributed by atoms with van der Waals surface area (Å²) in [6, 6.07) is 37.3. The Kier molecular flexibility index (Phi) is 10.9. The van der Waals surface area contributed by atoms with Gasteiger partial charge in [0, 0.05) is 4.90 Å². The molecule has 0 N–H and O–H groups in total. The Morgan fingerprint density at radius 3 is 1.78 bits per heavy atom. The molecule has 7 nitrogen and oxygen atoms in total. The summed E-state index contributed by atoms with van der Waals surface area (Å²) >= 11 is 1.61. The lowest BCUT2D eigenvalue weighted by atomic mass is 10.00. The number of ether oxygens (including phenoxy) is 6. The van der Waals surface area contributed by atoms with Crippen LogP contribution in [-0.2, 0) is 30.0 Å². The van der Waals surface area contributed by atoms with Crippen LogP contribution in [0.15, 0.2) is 114 Å². The second kappa shape index (κ2) is 15.0. The van der Waals surface area contributed by atoms with Gasteiger partial charge >= 0.3 is 0 Å². The molecule has 0 radical (unpaired) electrons. The first-order valence-electron chi connectivity index (χ1n) is 16.8. The van der Waals surface area contributed by atoms with E-state index in [4.69, 9.17) is 32.8 Å². The molecule has 2 saturated heterocycles. The van der Waals surface area contributed by atoms with Gasteiger partial charge in [0.1, 0.15) is 41.4 Å². The summed E-state index contributed by atoms with van der Waals surface area (Å²) in [5, 5.41) is 2.25. The third-order valence-electron chi connectivity index (χ3n) is 9.23. The van der Waals surface area contributed by atoms with Gasteiger partial charge in [-0.05, 0) is 71.2 Å². The number of hydrogen-bond donors (Lipinski definition) is 0. The SMILES string of the molecule is COc1ccc(CO[C@H]2[C@H]3OC(C)(C)O[C@@H]3[C@@H](CO[Si](c3ccccc3)(c3ccccc3)C(C)(C)C)O[C@@H]2Sc2ccc(OC)cc2)cc1. The van der Waals surface area contributed by atoms with E-state index in [0.29, 0.717) is 13.2 Å². The minimum Gasteiger partial charge on any atom is -0.497 e. The van der Waals surface area contributed by atoms with Crippen LogP contribution in [0.3, 0.4) is 0 Å². The minimum atomic E-state index is -2.84. The Balaban J connectivity index is 1.34. The van der Waals surface area contributed by atoms with Gasteiger partial charge in [-0.1, -0.05) is 105 Å². The van der Waals surface area contributed by atoms with Crippen molar-refractivity contribution in [3.05, 3.63) is 115 Å². The molecule has 0 aliphatic carbocycles. The normalized spacial score (nSPS) is 23.5. The first kappa shape index (κ1) is 35.7. The maximum absolute atomic E-state index is 7.40. The standard InChI is InChI=1S/C40H48O7SSi/c1-39(2,3)49(32-14-10-8-11-15-32,33-16-12-9-13-17-33)44-27-34-35-36(47-40(4,5)46-35)37(43-26-28-18-20-29(41-6)21-19-28)38(45-34)48-31-24-22-30(42-7)23-25-31/h8-25,34-38H,26-27H2,1-7H3/t34-,35-,36+,37+,38-/m1/s1. The van der Waals surface area contributed by atoms with Gasteiger partial charge in [0.25, 0.3) is 8.32 Å². The second-order valence-electron chi connectivity index (χ2n) is 14.0. The lowest BCUT2D eigenvalue weighted by Crippen LogP contribution is -2.68. The predicted octanol–water partition coefficient (Wildman–Crippen LogP) is 7.20. The van der Waals surface area contributed by atoms with Crippen molar-refractivity contribution in [2.24, 2.45) is 0 Å². The van der Waals surface area contributed by atoms with Crippen molar-refractivity contribution in [1.82, 2.24) is 0 Å². The Morgan fingerprint density at radius 1 is 0.714 bits per heavy atom. The molecule has 9 heteroatoms. The average Bonchev–Trinajstić information content (AvgIpc) is 3.44. The molecule has 4 aromatic rings. The van der Waals surface area contributed by atoms with Crippen molar-refractivity contribution in [1.29, 1.82) is 0 Å². The van der Waals surface area contributed by atoms with E-state index < -0.39 is 37.9 Å². The van der Waals surface area contributed by atoms with E-state index in [9.17, 15) is 0 Å². The van der Waals surface area contributed by atoms with Crippen LogP contribution in [0.2, 0.25) is 5.04 Å². The van der Waals surface area contributed by atoms with E-state index >= 15 is 0 Å². The number of thioether (sulfide) groups is 1. The van der Waals surface area contributed by atoms with Crippen LogP contribution in [-0.4, -0.2) is 64.8 Å². The van der Waals surface area contributed by atoms with E-state index in [-0.39, 0.29) is 11.1 Å². The van der Waals surface area contributed by atoms with Crippen molar-refractivity contribution in [3.63, 3.8) is 0 Å². The van der Waals surface area contributed by atoms with Gasteiger partial charge < -0.3 is 32.8 Å². The van der Waals surface area contributed by atoms with E-state index in [1.165, 1.54) is 10.4 Å². The smallest absolute Gasteiger partial charge is 0.261 e. The van der Waals surface area contributed by atoms with Crippen LogP contribution >= 0.6 is 11.8 Å². The molecular weight excluding hydrogens is 653 g/mol. The Labute approximate surface area is 296 Å². The van der Waals surface area contributed by atoms with Crippen LogP contribution in [0, 0.1) is 0 Å². The molecule has 4 aromatic carbocycles. The molecule has 2 heterocycles. The molecule has 0 unspecified atom stereocenters. The molecule has 0 saturated carbocycles. The van der Waals surface area contributed by atoms with Gasteiger partial charge in [-0.2, -0.15) is 0 Å². The zero-order chi connectivity index (χ0) is 34.6. The number of fused-ring (bicyclic) bond motifs is 1. The van der Waals surface area contributed by atoms with Crippen molar-refractivity contribution in [2.45, 2.75) is 86.8 Å². The first-order chi connectivity index (χ1) is 23.5. The summed E-state index contributed by atoms with van der Waals surface area (Å²) in [6.07, 6.45) is -1.62. The average molecular weight is 701 g/mol. The van der Waals surface area contributed by atoms with Gasteiger partial charge in [0.2, 0.25) is 0 Å². The fourth-order valence-corrected chi connectivity index (χ4v) is 12.6. The van der Waals surface area contributed by atoms with Crippen LogP contribution in [0.4, 0.5) is 0 Å². The fraction of sp³-hybridized carbons (Fsp3) is 0.400. The van der Waals surface area contributed by atoms with Crippen molar-refractivity contribution >= 4 is 30.5 Å². The van der Waals surface area contributed by atoms with E-state index in [1.54, 1.807) is 26.0 Å². The van der Waals surface area contributed by atoms with Gasteiger partial charge in [0.15, 0.2) is 5.79 Å². The molecule has 49 heavy (non-hydrogen) atoms. The molecule has 6 rings (SSSR count). The predicted molar refractivity (Wildman–Crippen MR) is 196 cm³/mol. The molecule has 2 fully saturated rings. The third-order valence-corrected chi connectivity index (χ3v) is 15.4. The Hall–Kier alpha value is -3.15. The van der Waals surface area contributed by atoms with Crippen LogP contribution in [0.25, 0.3) is 0 Å². The largest absolute Gasteiger partial charge is 0.497 e. The molecule has 0 spiro atoms. The highest BCUT2D eigenvalue weighted by Crippen LogP contribution is 2.44. The molecule has 5 atom stereocenters. The molecule has 260 valence electrons. The molecule has 0 amide bonds. The van der Waals surface area contributed by atoms with Gasteiger partial charge in [-0.25, -0.2) is 0 Å². The molecule has 0 aromatic heterocycles. The summed E-state index contributed by atoms with van der Waals surface area (Å²) in [5.41, 5.74) is 0.624. The number of benzene rings is 4. The van der Waals surface area contributed by atoms with E-state index in [0.717, 1.165) is 22.0 Å². The quantitative estimate of drug-likeness (QED) is 0.144. The maximum atomic E-state index is 7.40. The molecule has 2 aliphatic rings. The first-order valence-corrected chi connectivity index (χ1v) is 19.6. The van der Waals surface area contributed by atoms with Gasteiger partial charge in [-0.15, -0.1) is 0 Å². The Bertz CT molecular complexity index is 1590. The highest BCUT2D eigenvalue weighted by atomic mass is 32.2. The van der Waals surface area contributed by atoms with E-state index in [1.807, 2.05) is 62.4 Å².